The Morgan fingerprint density at radius 2 is 2.03 bits per heavy atom. The Labute approximate surface area is 182 Å². The van der Waals surface area contributed by atoms with E-state index < -0.39 is 17.5 Å². The third-order valence-corrected chi connectivity index (χ3v) is 5.47. The van der Waals surface area contributed by atoms with E-state index in [9.17, 15) is 14.7 Å². The number of urea groups is 1. The molecular formula is C24H18N4O4. The molecule has 3 heterocycles. The van der Waals surface area contributed by atoms with E-state index in [1.807, 2.05) is 30.3 Å². The van der Waals surface area contributed by atoms with Crippen LogP contribution in [-0.2, 0) is 11.3 Å². The molecule has 1 atom stereocenters. The van der Waals surface area contributed by atoms with Crippen LogP contribution < -0.4 is 15.4 Å². The quantitative estimate of drug-likeness (QED) is 0.345. The molecule has 5 rings (SSSR count). The third kappa shape index (κ3) is 3.17. The normalized spacial score (nSPS) is 17.7. The molecule has 4 aromatic rings. The summed E-state index contributed by atoms with van der Waals surface area (Å²) in [6, 6.07) is 13.9. The van der Waals surface area contributed by atoms with Crippen molar-refractivity contribution in [1.29, 1.82) is 0 Å². The van der Waals surface area contributed by atoms with Crippen LogP contribution >= 0.6 is 0 Å². The van der Waals surface area contributed by atoms with Gasteiger partial charge in [-0.2, -0.15) is 0 Å². The molecule has 3 amide bonds. The Bertz CT molecular complexity index is 1460. The average Bonchev–Trinajstić information content (AvgIpc) is 3.26. The molecular weight excluding hydrogens is 408 g/mol. The second-order valence-corrected chi connectivity index (χ2v) is 7.47. The average molecular weight is 426 g/mol. The number of hydrogen-bond acceptors (Lipinski definition) is 5. The first-order valence-corrected chi connectivity index (χ1v) is 9.85. The first-order valence-electron chi connectivity index (χ1n) is 9.85. The maximum atomic E-state index is 12.8. The molecule has 8 nitrogen and oxygen atoms in total. The molecule has 3 N–H and O–H groups in total. The van der Waals surface area contributed by atoms with Crippen molar-refractivity contribution in [3.05, 3.63) is 66.5 Å². The molecule has 0 bridgehead atoms. The lowest BCUT2D eigenvalue weighted by Gasteiger charge is -2.20. The number of amides is 3. The molecule has 32 heavy (non-hydrogen) atoms. The zero-order valence-electron chi connectivity index (χ0n) is 17.0. The summed E-state index contributed by atoms with van der Waals surface area (Å²) in [6.45, 7) is -0.0799. The molecule has 0 aliphatic carbocycles. The molecule has 2 aromatic carbocycles. The molecule has 1 fully saturated rings. The number of carbonyl (C=O) groups is 2. The predicted molar refractivity (Wildman–Crippen MR) is 118 cm³/mol. The molecule has 8 heteroatoms. The van der Waals surface area contributed by atoms with Crippen molar-refractivity contribution in [2.75, 3.05) is 7.11 Å². The van der Waals surface area contributed by atoms with Gasteiger partial charge in [-0.1, -0.05) is 24.0 Å². The maximum absolute atomic E-state index is 12.8. The maximum Gasteiger partial charge on any atom is 0.323 e. The lowest BCUT2D eigenvalue weighted by atomic mass is 9.99. The number of benzene rings is 2. The first-order chi connectivity index (χ1) is 15.5. The number of aromatic hydroxyl groups is 1. The van der Waals surface area contributed by atoms with E-state index in [0.29, 0.717) is 16.7 Å². The number of fused-ring (bicyclic) bond motifs is 2. The van der Waals surface area contributed by atoms with Gasteiger partial charge >= 0.3 is 6.03 Å². The van der Waals surface area contributed by atoms with Gasteiger partial charge in [0.1, 0.15) is 5.75 Å². The largest absolute Gasteiger partial charge is 0.497 e. The lowest BCUT2D eigenvalue weighted by molar-refractivity contribution is -0.122. The number of carbonyl (C=O) groups excluding carboxylic acids is 2. The van der Waals surface area contributed by atoms with E-state index in [4.69, 9.17) is 4.74 Å². The van der Waals surface area contributed by atoms with Crippen LogP contribution in [0, 0.1) is 11.8 Å². The van der Waals surface area contributed by atoms with Gasteiger partial charge in [0.15, 0.2) is 5.88 Å². The van der Waals surface area contributed by atoms with Gasteiger partial charge in [0.2, 0.25) is 5.54 Å². The number of pyridine rings is 1. The third-order valence-electron chi connectivity index (χ3n) is 5.47. The summed E-state index contributed by atoms with van der Waals surface area (Å²) < 4.78 is 6.72. The van der Waals surface area contributed by atoms with Crippen molar-refractivity contribution in [1.82, 2.24) is 20.2 Å². The van der Waals surface area contributed by atoms with Crippen LogP contribution in [0.15, 0.2) is 60.9 Å². The van der Waals surface area contributed by atoms with Gasteiger partial charge < -0.3 is 19.7 Å². The van der Waals surface area contributed by atoms with Gasteiger partial charge in [-0.3, -0.25) is 15.1 Å². The highest BCUT2D eigenvalue weighted by Crippen LogP contribution is 2.32. The van der Waals surface area contributed by atoms with Crippen molar-refractivity contribution in [3.8, 4) is 23.5 Å². The summed E-state index contributed by atoms with van der Waals surface area (Å²) >= 11 is 0. The highest BCUT2D eigenvalue weighted by molar-refractivity contribution is 6.09. The minimum absolute atomic E-state index is 0.0524. The number of imide groups is 1. The minimum Gasteiger partial charge on any atom is -0.497 e. The smallest absolute Gasteiger partial charge is 0.323 e. The molecule has 0 radical (unpaired) electrons. The van der Waals surface area contributed by atoms with E-state index >= 15 is 0 Å². The van der Waals surface area contributed by atoms with Gasteiger partial charge in [0, 0.05) is 34.1 Å². The number of ether oxygens (including phenoxy) is 1. The summed E-state index contributed by atoms with van der Waals surface area (Å²) in [6.07, 6.45) is 3.40. The fraction of sp³-hybridized carbons (Fsp3) is 0.125. The van der Waals surface area contributed by atoms with Crippen LogP contribution in [0.4, 0.5) is 4.79 Å². The van der Waals surface area contributed by atoms with Gasteiger partial charge in [0.25, 0.3) is 5.91 Å². The summed E-state index contributed by atoms with van der Waals surface area (Å²) in [5.41, 5.74) is -0.106. The van der Waals surface area contributed by atoms with Gasteiger partial charge in [-0.05, 0) is 36.4 Å². The van der Waals surface area contributed by atoms with Crippen LogP contribution in [-0.4, -0.2) is 39.2 Å². The minimum atomic E-state index is -1.56. The number of methoxy groups -OCH3 is 1. The molecule has 1 aliphatic rings. The van der Waals surface area contributed by atoms with E-state index in [2.05, 4.69) is 27.5 Å². The van der Waals surface area contributed by atoms with Crippen LogP contribution in [0.3, 0.4) is 0 Å². The van der Waals surface area contributed by atoms with Crippen LogP contribution in [0.25, 0.3) is 21.7 Å². The fourth-order valence-corrected chi connectivity index (χ4v) is 3.85. The highest BCUT2D eigenvalue weighted by atomic mass is 16.5. The molecule has 1 saturated heterocycles. The fourth-order valence-electron chi connectivity index (χ4n) is 3.85. The van der Waals surface area contributed by atoms with Crippen molar-refractivity contribution < 1.29 is 19.4 Å². The zero-order valence-corrected chi connectivity index (χ0v) is 17.0. The molecule has 2 aromatic heterocycles. The molecule has 158 valence electrons. The lowest BCUT2D eigenvalue weighted by Crippen LogP contribution is -2.49. The van der Waals surface area contributed by atoms with Crippen molar-refractivity contribution in [2.24, 2.45) is 0 Å². The first kappa shape index (κ1) is 19.5. The van der Waals surface area contributed by atoms with E-state index in [0.717, 1.165) is 16.3 Å². The van der Waals surface area contributed by atoms with E-state index in [-0.39, 0.29) is 12.4 Å². The Morgan fingerprint density at radius 3 is 2.81 bits per heavy atom. The standard InChI is InChI=1S/C24H18N4O4/c1-32-17-8-7-16-13-28(21(29)19(16)12-17)14-24(22(30)26-23(31)27-24)10-9-15-4-2-6-20-18(15)5-3-11-25-20/h2-8,11-13,29H,14H2,1H3,(H2,26,27,30,31)/t24-/m1/s1. The Kier molecular flexibility index (Phi) is 4.45. The van der Waals surface area contributed by atoms with Crippen LogP contribution in [0.5, 0.6) is 11.6 Å². The molecule has 0 unspecified atom stereocenters. The number of aromatic nitrogens is 2. The Hall–Kier alpha value is -4.51. The molecule has 0 spiro atoms. The SMILES string of the molecule is COc1ccc2cn(C[C@@]3(C#Cc4cccc5ncccc45)NC(=O)NC3=O)c(O)c2c1. The van der Waals surface area contributed by atoms with Gasteiger partial charge in [-0.15, -0.1) is 0 Å². The number of nitrogens with zero attached hydrogens (tertiary/aromatic N) is 2. The van der Waals surface area contributed by atoms with Crippen molar-refractivity contribution >= 4 is 33.6 Å². The summed E-state index contributed by atoms with van der Waals surface area (Å²) in [4.78, 5) is 29.1. The molecule has 0 saturated carbocycles. The topological polar surface area (TPSA) is 105 Å². The van der Waals surface area contributed by atoms with Crippen molar-refractivity contribution in [3.63, 3.8) is 0 Å². The van der Waals surface area contributed by atoms with Gasteiger partial charge in [-0.25, -0.2) is 4.79 Å². The number of nitrogens with one attached hydrogen (secondary N) is 2. The summed E-state index contributed by atoms with van der Waals surface area (Å²) in [5.74, 6) is 5.94. The number of hydrogen-bond donors (Lipinski definition) is 3. The highest BCUT2D eigenvalue weighted by Gasteiger charge is 2.46. The number of rotatable bonds is 3. The second kappa shape index (κ2) is 7.32. The monoisotopic (exact) mass is 426 g/mol. The van der Waals surface area contributed by atoms with Crippen LogP contribution in [0.1, 0.15) is 5.56 Å². The van der Waals surface area contributed by atoms with Crippen molar-refractivity contribution in [2.45, 2.75) is 12.1 Å². The second-order valence-electron chi connectivity index (χ2n) is 7.47. The Morgan fingerprint density at radius 1 is 1.16 bits per heavy atom. The van der Waals surface area contributed by atoms with Gasteiger partial charge in [0.05, 0.1) is 19.2 Å². The Balaban J connectivity index is 1.60. The van der Waals surface area contributed by atoms with Crippen LogP contribution in [0.2, 0.25) is 0 Å². The summed E-state index contributed by atoms with van der Waals surface area (Å²) in [5, 5.41) is 17.8. The van der Waals surface area contributed by atoms with E-state index in [1.54, 1.807) is 37.7 Å². The molecule has 1 aliphatic heterocycles. The van der Waals surface area contributed by atoms with E-state index in [1.165, 1.54) is 4.57 Å². The zero-order chi connectivity index (χ0) is 22.3. The predicted octanol–water partition coefficient (Wildman–Crippen LogP) is 2.53. The summed E-state index contributed by atoms with van der Waals surface area (Å²) in [7, 11) is 1.54.